The molecular weight excluding hydrogens is 382 g/mol. The van der Waals surface area contributed by atoms with Crippen molar-refractivity contribution < 1.29 is 9.53 Å². The summed E-state index contributed by atoms with van der Waals surface area (Å²) in [5.74, 6) is 2.22. The van der Waals surface area contributed by atoms with Crippen LogP contribution in [-0.4, -0.2) is 52.4 Å². The van der Waals surface area contributed by atoms with Crippen molar-refractivity contribution in [1.29, 1.82) is 0 Å². The Hall–Kier alpha value is -3.10. The van der Waals surface area contributed by atoms with Crippen LogP contribution in [0.4, 0.5) is 0 Å². The predicted molar refractivity (Wildman–Crippen MR) is 117 cm³/mol. The van der Waals surface area contributed by atoms with Gasteiger partial charge in [-0.25, -0.2) is 4.99 Å². The number of nitrogens with zero attached hydrogens (tertiary/aromatic N) is 4. The van der Waals surface area contributed by atoms with Crippen molar-refractivity contribution in [3.05, 3.63) is 42.0 Å². The molecule has 0 saturated carbocycles. The molecule has 3 N–H and O–H groups in total. The number of hydrogen-bond acceptors (Lipinski definition) is 5. The number of rotatable bonds is 9. The smallest absolute Gasteiger partial charge is 0.239 e. The molecule has 9 nitrogen and oxygen atoms in total. The summed E-state index contributed by atoms with van der Waals surface area (Å²) >= 11 is 0. The molecule has 1 aromatic heterocycles. The van der Waals surface area contributed by atoms with E-state index in [1.807, 2.05) is 56.5 Å². The average molecular weight is 416 g/mol. The molecule has 2 aromatic rings. The number of hydrogen-bond donors (Lipinski definition) is 3. The third-order valence-corrected chi connectivity index (χ3v) is 4.17. The van der Waals surface area contributed by atoms with Gasteiger partial charge in [-0.1, -0.05) is 19.1 Å². The zero-order valence-electron chi connectivity index (χ0n) is 18.5. The highest BCUT2D eigenvalue weighted by atomic mass is 16.5. The van der Waals surface area contributed by atoms with Crippen LogP contribution >= 0.6 is 0 Å². The Balaban J connectivity index is 1.97. The molecule has 9 heteroatoms. The number of guanidine groups is 1. The maximum atomic E-state index is 12.2. The van der Waals surface area contributed by atoms with E-state index in [1.54, 1.807) is 13.4 Å². The molecule has 164 valence electrons. The number of methoxy groups -OCH3 is 1. The van der Waals surface area contributed by atoms with E-state index in [4.69, 9.17) is 4.74 Å². The third-order valence-electron chi connectivity index (χ3n) is 4.17. The minimum absolute atomic E-state index is 0.0893. The Morgan fingerprint density at radius 3 is 2.57 bits per heavy atom. The van der Waals surface area contributed by atoms with Crippen LogP contribution in [0.5, 0.6) is 5.75 Å². The highest BCUT2D eigenvalue weighted by Gasteiger charge is 2.13. The lowest BCUT2D eigenvalue weighted by atomic mass is 10.1. The molecule has 0 atom stereocenters. The van der Waals surface area contributed by atoms with E-state index in [0.29, 0.717) is 25.6 Å². The fourth-order valence-corrected chi connectivity index (χ4v) is 2.74. The maximum absolute atomic E-state index is 12.2. The molecule has 0 aliphatic heterocycles. The summed E-state index contributed by atoms with van der Waals surface area (Å²) < 4.78 is 7.19. The second-order valence-electron chi connectivity index (χ2n) is 7.89. The van der Waals surface area contributed by atoms with Gasteiger partial charge in [0.05, 0.1) is 20.2 Å². The lowest BCUT2D eigenvalue weighted by Crippen LogP contribution is -2.48. The lowest BCUT2D eigenvalue weighted by molar-refractivity contribution is -0.121. The molecule has 1 amide bonds. The number of benzene rings is 1. The number of ether oxygens (including phenoxy) is 1. The zero-order chi connectivity index (χ0) is 22.0. The van der Waals surface area contributed by atoms with Gasteiger partial charge in [0, 0.05) is 25.0 Å². The first-order valence-electron chi connectivity index (χ1n) is 10.1. The fraction of sp³-hybridized carbons (Fsp3) is 0.524. The van der Waals surface area contributed by atoms with Gasteiger partial charge in [-0.3, -0.25) is 4.79 Å². The van der Waals surface area contributed by atoms with Gasteiger partial charge in [-0.15, -0.1) is 10.2 Å². The SMILES string of the molecule is CCc1nncn1CCNC(=NCc1ccc(OC)cc1)NCC(=O)NC(C)(C)C. The van der Waals surface area contributed by atoms with Gasteiger partial charge in [-0.2, -0.15) is 0 Å². The van der Waals surface area contributed by atoms with E-state index in [0.717, 1.165) is 23.6 Å². The topological polar surface area (TPSA) is 105 Å². The van der Waals surface area contributed by atoms with Crippen LogP contribution in [0.3, 0.4) is 0 Å². The van der Waals surface area contributed by atoms with Crippen LogP contribution < -0.4 is 20.7 Å². The quantitative estimate of drug-likeness (QED) is 0.423. The number of amides is 1. The number of carbonyl (C=O) groups excluding carboxylic acids is 1. The van der Waals surface area contributed by atoms with E-state index in [9.17, 15) is 4.79 Å². The van der Waals surface area contributed by atoms with Gasteiger partial charge in [0.2, 0.25) is 5.91 Å². The molecular formula is C21H33N7O2. The van der Waals surface area contributed by atoms with Crippen molar-refractivity contribution in [2.45, 2.75) is 52.7 Å². The fourth-order valence-electron chi connectivity index (χ4n) is 2.74. The van der Waals surface area contributed by atoms with Crippen molar-refractivity contribution in [2.75, 3.05) is 20.2 Å². The number of aromatic nitrogens is 3. The number of carbonyl (C=O) groups is 1. The summed E-state index contributed by atoms with van der Waals surface area (Å²) in [5.41, 5.74) is 0.764. The molecule has 1 aromatic carbocycles. The number of nitrogens with one attached hydrogen (secondary N) is 3. The van der Waals surface area contributed by atoms with Gasteiger partial charge in [-0.05, 0) is 38.5 Å². The highest BCUT2D eigenvalue weighted by molar-refractivity contribution is 5.86. The largest absolute Gasteiger partial charge is 0.497 e. The molecule has 0 bridgehead atoms. The van der Waals surface area contributed by atoms with Crippen LogP contribution in [0.1, 0.15) is 39.1 Å². The Kier molecular flexibility index (Phi) is 8.64. The Bertz CT molecular complexity index is 823. The van der Waals surface area contributed by atoms with Gasteiger partial charge >= 0.3 is 0 Å². The first-order chi connectivity index (χ1) is 14.3. The molecule has 30 heavy (non-hydrogen) atoms. The molecule has 0 saturated heterocycles. The van der Waals surface area contributed by atoms with E-state index in [1.165, 1.54) is 0 Å². The van der Waals surface area contributed by atoms with Gasteiger partial charge < -0.3 is 25.3 Å². The van der Waals surface area contributed by atoms with Gasteiger partial charge in [0.1, 0.15) is 17.9 Å². The second kappa shape index (κ2) is 11.2. The van der Waals surface area contributed by atoms with Crippen molar-refractivity contribution in [1.82, 2.24) is 30.7 Å². The molecule has 2 rings (SSSR count). The summed E-state index contributed by atoms with van der Waals surface area (Å²) in [7, 11) is 1.64. The summed E-state index contributed by atoms with van der Waals surface area (Å²) in [4.78, 5) is 16.8. The maximum Gasteiger partial charge on any atom is 0.239 e. The van der Waals surface area contributed by atoms with Gasteiger partial charge in [0.25, 0.3) is 0 Å². The minimum atomic E-state index is -0.280. The van der Waals surface area contributed by atoms with Crippen LogP contribution in [0.2, 0.25) is 0 Å². The highest BCUT2D eigenvalue weighted by Crippen LogP contribution is 2.11. The molecule has 1 heterocycles. The third kappa shape index (κ3) is 8.10. The van der Waals surface area contributed by atoms with Crippen molar-refractivity contribution in [3.8, 4) is 5.75 Å². The summed E-state index contributed by atoms with van der Waals surface area (Å²) in [6.07, 6.45) is 2.54. The molecule has 0 spiro atoms. The average Bonchev–Trinajstić information content (AvgIpc) is 3.16. The van der Waals surface area contributed by atoms with Crippen LogP contribution in [0, 0.1) is 0 Å². The van der Waals surface area contributed by atoms with E-state index < -0.39 is 0 Å². The van der Waals surface area contributed by atoms with E-state index in [-0.39, 0.29) is 18.0 Å². The Morgan fingerprint density at radius 2 is 1.93 bits per heavy atom. The van der Waals surface area contributed by atoms with E-state index in [2.05, 4.69) is 31.1 Å². The molecule has 0 fully saturated rings. The standard InChI is InChI=1S/C21H33N7O2/c1-6-18-27-25-15-28(18)12-11-22-20(24-14-19(29)26-21(2,3)4)23-13-16-7-9-17(30-5)10-8-16/h7-10,15H,6,11-14H2,1-5H3,(H,26,29)(H2,22,23,24). The van der Waals surface area contributed by atoms with Crippen molar-refractivity contribution >= 4 is 11.9 Å². The minimum Gasteiger partial charge on any atom is -0.497 e. The number of aryl methyl sites for hydroxylation is 1. The first kappa shape index (κ1) is 23.2. The summed E-state index contributed by atoms with van der Waals surface area (Å²) in [5, 5.41) is 17.4. The van der Waals surface area contributed by atoms with E-state index >= 15 is 0 Å². The second-order valence-corrected chi connectivity index (χ2v) is 7.89. The monoisotopic (exact) mass is 415 g/mol. The van der Waals surface area contributed by atoms with Crippen LogP contribution in [0.25, 0.3) is 0 Å². The van der Waals surface area contributed by atoms with Crippen molar-refractivity contribution in [2.24, 2.45) is 4.99 Å². The predicted octanol–water partition coefficient (Wildman–Crippen LogP) is 1.50. The summed E-state index contributed by atoms with van der Waals surface area (Å²) in [6, 6.07) is 7.74. The molecule has 0 aliphatic rings. The molecule has 0 aliphatic carbocycles. The normalized spacial score (nSPS) is 11.8. The summed E-state index contributed by atoms with van der Waals surface area (Å²) in [6.45, 7) is 9.84. The van der Waals surface area contributed by atoms with Crippen LogP contribution in [-0.2, 0) is 24.3 Å². The Morgan fingerprint density at radius 1 is 1.20 bits per heavy atom. The first-order valence-corrected chi connectivity index (χ1v) is 10.1. The van der Waals surface area contributed by atoms with Gasteiger partial charge in [0.15, 0.2) is 5.96 Å². The Labute approximate surface area is 178 Å². The number of aliphatic imine (C=N–C) groups is 1. The molecule has 0 unspecified atom stereocenters. The zero-order valence-corrected chi connectivity index (χ0v) is 18.5. The lowest BCUT2D eigenvalue weighted by Gasteiger charge is -2.21. The van der Waals surface area contributed by atoms with Crippen molar-refractivity contribution in [3.63, 3.8) is 0 Å². The molecule has 0 radical (unpaired) electrons. The van der Waals surface area contributed by atoms with Crippen LogP contribution in [0.15, 0.2) is 35.6 Å².